The molecule has 0 saturated carbocycles. The highest BCUT2D eigenvalue weighted by molar-refractivity contribution is 5.75. The number of fused-ring (bicyclic) bond motifs is 2. The summed E-state index contributed by atoms with van der Waals surface area (Å²) in [7, 11) is 1.61. The summed E-state index contributed by atoms with van der Waals surface area (Å²) in [5.74, 6) is -0.308. The van der Waals surface area contributed by atoms with Gasteiger partial charge in [0, 0.05) is 25.5 Å². The number of nitrogens with zero attached hydrogens (tertiary/aromatic N) is 4. The number of benzene rings is 1. The van der Waals surface area contributed by atoms with E-state index in [-0.39, 0.29) is 17.8 Å². The number of hydrogen-bond donors (Lipinski definition) is 0. The quantitative estimate of drug-likeness (QED) is 0.649. The molecule has 4 rings (SSSR count). The summed E-state index contributed by atoms with van der Waals surface area (Å²) in [5.41, 5.74) is 0.709. The molecule has 0 bridgehead atoms. The van der Waals surface area contributed by atoms with E-state index in [0.29, 0.717) is 24.4 Å². The lowest BCUT2D eigenvalue weighted by Gasteiger charge is -2.24. The predicted molar refractivity (Wildman–Crippen MR) is 87.2 cm³/mol. The normalized spacial score (nSPS) is 16.2. The first-order chi connectivity index (χ1) is 12.5. The molecule has 0 aliphatic carbocycles. The van der Waals surface area contributed by atoms with Gasteiger partial charge in [-0.05, 0) is 24.5 Å². The summed E-state index contributed by atoms with van der Waals surface area (Å²) >= 11 is 0. The third-order valence-corrected chi connectivity index (χ3v) is 4.30. The molecule has 1 aliphatic heterocycles. The Morgan fingerprint density at radius 3 is 3.08 bits per heavy atom. The Morgan fingerprint density at radius 2 is 2.23 bits per heavy atom. The van der Waals surface area contributed by atoms with Crippen molar-refractivity contribution in [2.45, 2.75) is 25.6 Å². The van der Waals surface area contributed by atoms with Crippen LogP contribution in [0.3, 0.4) is 0 Å². The van der Waals surface area contributed by atoms with E-state index in [9.17, 15) is 14.0 Å². The van der Waals surface area contributed by atoms with Crippen molar-refractivity contribution < 1.29 is 18.7 Å². The number of carbonyl (C=O) groups is 1. The predicted octanol–water partition coefficient (Wildman–Crippen LogP) is 1.00. The average Bonchev–Trinajstić information content (AvgIpc) is 3.05. The third-order valence-electron chi connectivity index (χ3n) is 4.30. The molecule has 0 saturated heterocycles. The zero-order chi connectivity index (χ0) is 18.3. The minimum Gasteiger partial charge on any atom is -0.478 e. The highest BCUT2D eigenvalue weighted by atomic mass is 19.1. The molecule has 3 aromatic rings. The van der Waals surface area contributed by atoms with Gasteiger partial charge in [0.05, 0.1) is 0 Å². The van der Waals surface area contributed by atoms with Gasteiger partial charge in [-0.25, -0.2) is 9.18 Å². The molecule has 134 valence electrons. The van der Waals surface area contributed by atoms with Gasteiger partial charge in [0.15, 0.2) is 18.5 Å². The van der Waals surface area contributed by atoms with Crippen LogP contribution in [0.4, 0.5) is 4.39 Å². The van der Waals surface area contributed by atoms with Gasteiger partial charge in [0.1, 0.15) is 11.6 Å². The number of esters is 1. The third kappa shape index (κ3) is 2.81. The molecule has 2 aromatic heterocycles. The van der Waals surface area contributed by atoms with Crippen molar-refractivity contribution in [3.8, 4) is 5.75 Å². The zero-order valence-corrected chi connectivity index (χ0v) is 13.9. The standard InChI is InChI=1S/C17H15FN4O4/c1-21-6-7-22-14(19-20-15(22)16(21)23)9-25-17(24)12-5-3-10-2-4-11(18)8-13(10)26-12/h2,4,6-8,12H,3,5,9H2,1H3. The van der Waals surface area contributed by atoms with Crippen molar-refractivity contribution in [2.24, 2.45) is 7.05 Å². The first-order valence-corrected chi connectivity index (χ1v) is 8.04. The van der Waals surface area contributed by atoms with Gasteiger partial charge < -0.3 is 14.0 Å². The molecule has 8 nitrogen and oxygen atoms in total. The van der Waals surface area contributed by atoms with E-state index in [1.165, 1.54) is 21.1 Å². The van der Waals surface area contributed by atoms with Crippen LogP contribution < -0.4 is 10.3 Å². The number of carbonyl (C=O) groups excluding carboxylic acids is 1. The van der Waals surface area contributed by atoms with Crippen molar-refractivity contribution in [2.75, 3.05) is 0 Å². The van der Waals surface area contributed by atoms with E-state index >= 15 is 0 Å². The second-order valence-corrected chi connectivity index (χ2v) is 6.03. The first kappa shape index (κ1) is 16.2. The minimum absolute atomic E-state index is 0.150. The Morgan fingerprint density at radius 1 is 1.38 bits per heavy atom. The highest BCUT2D eigenvalue weighted by Crippen LogP contribution is 2.28. The SMILES string of the molecule is Cn1ccn2c(COC(=O)C3CCc4ccc(F)cc4O3)nnc2c1=O. The largest absolute Gasteiger partial charge is 0.478 e. The van der Waals surface area contributed by atoms with Crippen LogP contribution in [0.15, 0.2) is 35.4 Å². The van der Waals surface area contributed by atoms with Gasteiger partial charge in [-0.1, -0.05) is 6.07 Å². The number of ether oxygens (including phenoxy) is 2. The van der Waals surface area contributed by atoms with Crippen LogP contribution in [-0.2, 0) is 29.6 Å². The molecular formula is C17H15FN4O4. The van der Waals surface area contributed by atoms with Gasteiger partial charge in [-0.3, -0.25) is 9.20 Å². The number of rotatable bonds is 3. The van der Waals surface area contributed by atoms with Crippen LogP contribution in [0.5, 0.6) is 5.75 Å². The summed E-state index contributed by atoms with van der Waals surface area (Å²) in [5, 5.41) is 7.72. The topological polar surface area (TPSA) is 87.7 Å². The molecule has 0 spiro atoms. The Labute approximate surface area is 146 Å². The van der Waals surface area contributed by atoms with Gasteiger partial charge >= 0.3 is 5.97 Å². The molecular weight excluding hydrogens is 343 g/mol. The summed E-state index contributed by atoms with van der Waals surface area (Å²) in [6, 6.07) is 4.27. The number of hydrogen-bond acceptors (Lipinski definition) is 6. The van der Waals surface area contributed by atoms with Crippen molar-refractivity contribution >= 4 is 11.6 Å². The average molecular weight is 358 g/mol. The fourth-order valence-electron chi connectivity index (χ4n) is 2.85. The van der Waals surface area contributed by atoms with E-state index in [0.717, 1.165) is 5.56 Å². The molecule has 0 fully saturated rings. The monoisotopic (exact) mass is 358 g/mol. The van der Waals surface area contributed by atoms with Gasteiger partial charge in [0.25, 0.3) is 5.56 Å². The van der Waals surface area contributed by atoms with Gasteiger partial charge in [0.2, 0.25) is 5.65 Å². The molecule has 0 amide bonds. The zero-order valence-electron chi connectivity index (χ0n) is 13.9. The fourth-order valence-corrected chi connectivity index (χ4v) is 2.85. The maximum Gasteiger partial charge on any atom is 0.347 e. The highest BCUT2D eigenvalue weighted by Gasteiger charge is 2.28. The summed E-state index contributed by atoms with van der Waals surface area (Å²) in [6.45, 7) is -0.150. The molecule has 0 radical (unpaired) electrons. The molecule has 1 aliphatic rings. The lowest BCUT2D eigenvalue weighted by molar-refractivity contribution is -0.154. The van der Waals surface area contributed by atoms with Crippen LogP contribution in [-0.4, -0.2) is 31.2 Å². The summed E-state index contributed by atoms with van der Waals surface area (Å²) in [6.07, 6.45) is 3.42. The van der Waals surface area contributed by atoms with Crippen LogP contribution in [0.25, 0.3) is 5.65 Å². The van der Waals surface area contributed by atoms with E-state index in [1.807, 2.05) is 0 Å². The maximum absolute atomic E-state index is 13.3. The maximum atomic E-state index is 13.3. The Balaban J connectivity index is 1.46. The Hall–Kier alpha value is -3.23. The number of halogens is 1. The first-order valence-electron chi connectivity index (χ1n) is 8.04. The molecule has 0 N–H and O–H groups in total. The Bertz CT molecular complexity index is 1060. The molecule has 3 heterocycles. The van der Waals surface area contributed by atoms with Crippen LogP contribution >= 0.6 is 0 Å². The molecule has 1 unspecified atom stereocenters. The van der Waals surface area contributed by atoms with Gasteiger partial charge in [-0.2, -0.15) is 0 Å². The van der Waals surface area contributed by atoms with E-state index in [2.05, 4.69) is 10.2 Å². The molecule has 9 heteroatoms. The lowest BCUT2D eigenvalue weighted by atomic mass is 10.0. The van der Waals surface area contributed by atoms with E-state index in [4.69, 9.17) is 9.47 Å². The summed E-state index contributed by atoms with van der Waals surface area (Å²) in [4.78, 5) is 24.2. The van der Waals surface area contributed by atoms with Crippen LogP contribution in [0.2, 0.25) is 0 Å². The summed E-state index contributed by atoms with van der Waals surface area (Å²) < 4.78 is 27.0. The number of aromatic nitrogens is 4. The molecule has 26 heavy (non-hydrogen) atoms. The second kappa shape index (κ2) is 6.25. The van der Waals surface area contributed by atoms with Crippen molar-refractivity contribution in [3.05, 3.63) is 58.2 Å². The molecule has 1 aromatic carbocycles. The van der Waals surface area contributed by atoms with Crippen LogP contribution in [0, 0.1) is 5.82 Å². The minimum atomic E-state index is -0.809. The van der Waals surface area contributed by atoms with Crippen molar-refractivity contribution in [1.82, 2.24) is 19.2 Å². The second-order valence-electron chi connectivity index (χ2n) is 6.03. The van der Waals surface area contributed by atoms with E-state index in [1.54, 1.807) is 25.5 Å². The van der Waals surface area contributed by atoms with Gasteiger partial charge in [-0.15, -0.1) is 10.2 Å². The van der Waals surface area contributed by atoms with E-state index < -0.39 is 17.9 Å². The number of aryl methyl sites for hydroxylation is 2. The lowest BCUT2D eigenvalue weighted by Crippen LogP contribution is -2.33. The van der Waals surface area contributed by atoms with Crippen molar-refractivity contribution in [3.63, 3.8) is 0 Å². The Kier molecular flexibility index (Phi) is 3.90. The smallest absolute Gasteiger partial charge is 0.347 e. The van der Waals surface area contributed by atoms with Crippen molar-refractivity contribution in [1.29, 1.82) is 0 Å². The fraction of sp³-hybridized carbons (Fsp3) is 0.294. The van der Waals surface area contributed by atoms with Crippen LogP contribution in [0.1, 0.15) is 17.8 Å². The molecule has 1 atom stereocenters.